The molecule has 2 aromatic rings. The summed E-state index contributed by atoms with van der Waals surface area (Å²) in [6.07, 6.45) is 0. The van der Waals surface area contributed by atoms with Gasteiger partial charge in [0.25, 0.3) is 5.91 Å². The van der Waals surface area contributed by atoms with Crippen LogP contribution < -0.4 is 4.90 Å². The van der Waals surface area contributed by atoms with Gasteiger partial charge in [0.1, 0.15) is 0 Å². The fourth-order valence-electron chi connectivity index (χ4n) is 2.16. The molecule has 96 valence electrons. The number of thioether (sulfide) groups is 1. The molecule has 0 aromatic heterocycles. The Hall–Kier alpha value is -1.01. The van der Waals surface area contributed by atoms with Crippen molar-refractivity contribution in [2.75, 3.05) is 17.2 Å². The van der Waals surface area contributed by atoms with Crippen LogP contribution in [0.1, 0.15) is 10.4 Å². The largest absolute Gasteiger partial charge is 0.306 e. The van der Waals surface area contributed by atoms with E-state index in [1.54, 1.807) is 0 Å². The Bertz CT molecular complexity index is 629. The average Bonchev–Trinajstić information content (AvgIpc) is 2.46. The molecule has 0 fully saturated rings. The molecule has 0 N–H and O–H groups in total. The first kappa shape index (κ1) is 13.0. The summed E-state index contributed by atoms with van der Waals surface area (Å²) in [4.78, 5) is 15.8. The molecule has 0 saturated carbocycles. The fraction of sp³-hybridized carbons (Fsp3) is 0.133. The molecule has 0 saturated heterocycles. The maximum Gasteiger partial charge on any atom is 0.259 e. The molecule has 0 unspecified atom stereocenters. The van der Waals surface area contributed by atoms with Gasteiger partial charge >= 0.3 is 0 Å². The normalized spacial score (nSPS) is 14.1. The van der Waals surface area contributed by atoms with Crippen molar-refractivity contribution < 1.29 is 4.79 Å². The van der Waals surface area contributed by atoms with Gasteiger partial charge in [-0.3, -0.25) is 4.79 Å². The number of hydrogen-bond acceptors (Lipinski definition) is 2. The molecule has 1 aliphatic heterocycles. The van der Waals surface area contributed by atoms with Crippen LogP contribution in [-0.4, -0.2) is 18.2 Å². The van der Waals surface area contributed by atoms with Crippen LogP contribution in [-0.2, 0) is 0 Å². The molecule has 3 rings (SSSR count). The first-order valence-corrected chi connectivity index (χ1v) is 8.12. The molecule has 1 amide bonds. The van der Waals surface area contributed by atoms with Crippen molar-refractivity contribution in [3.63, 3.8) is 0 Å². The summed E-state index contributed by atoms with van der Waals surface area (Å²) in [7, 11) is 0. The monoisotopic (exact) mass is 381 g/mol. The van der Waals surface area contributed by atoms with Crippen molar-refractivity contribution in [2.45, 2.75) is 4.90 Å². The van der Waals surface area contributed by atoms with Gasteiger partial charge in [-0.05, 0) is 46.9 Å². The van der Waals surface area contributed by atoms with E-state index in [9.17, 15) is 4.79 Å². The Morgan fingerprint density at radius 3 is 2.68 bits per heavy atom. The van der Waals surface area contributed by atoms with E-state index < -0.39 is 0 Å². The van der Waals surface area contributed by atoms with Crippen LogP contribution in [0.5, 0.6) is 0 Å². The third kappa shape index (κ3) is 2.51. The Labute approximate surface area is 130 Å². The van der Waals surface area contributed by atoms with Gasteiger partial charge in [-0.25, -0.2) is 0 Å². The van der Waals surface area contributed by atoms with Gasteiger partial charge in [-0.2, -0.15) is 0 Å². The maximum absolute atomic E-state index is 12.7. The van der Waals surface area contributed by atoms with E-state index in [2.05, 4.69) is 28.7 Å². The summed E-state index contributed by atoms with van der Waals surface area (Å²) >= 11 is 4.03. The van der Waals surface area contributed by atoms with Crippen LogP contribution in [0.4, 0.5) is 5.69 Å². The molecule has 1 aliphatic rings. The number of carbonyl (C=O) groups excluding carboxylic acids is 1. The summed E-state index contributed by atoms with van der Waals surface area (Å²) in [5.74, 6) is 1.05. The predicted molar refractivity (Wildman–Crippen MR) is 88.0 cm³/mol. The van der Waals surface area contributed by atoms with Gasteiger partial charge in [0, 0.05) is 20.8 Å². The second kappa shape index (κ2) is 5.54. The highest BCUT2D eigenvalue weighted by atomic mass is 127. The Kier molecular flexibility index (Phi) is 3.79. The summed E-state index contributed by atoms with van der Waals surface area (Å²) in [5.41, 5.74) is 1.81. The van der Waals surface area contributed by atoms with Crippen molar-refractivity contribution in [1.82, 2.24) is 0 Å². The number of para-hydroxylation sites is 1. The van der Waals surface area contributed by atoms with E-state index in [0.29, 0.717) is 0 Å². The van der Waals surface area contributed by atoms with Crippen LogP contribution in [0, 0.1) is 3.57 Å². The molecule has 1 heterocycles. The lowest BCUT2D eigenvalue weighted by atomic mass is 10.2. The Balaban J connectivity index is 2.00. The fourth-order valence-corrected chi connectivity index (χ4v) is 3.77. The smallest absolute Gasteiger partial charge is 0.259 e. The summed E-state index contributed by atoms with van der Waals surface area (Å²) < 4.78 is 1.00. The number of benzene rings is 2. The number of halogens is 1. The Morgan fingerprint density at radius 2 is 1.84 bits per heavy atom. The van der Waals surface area contributed by atoms with Gasteiger partial charge in [-0.15, -0.1) is 11.8 Å². The summed E-state index contributed by atoms with van der Waals surface area (Å²) in [6.45, 7) is 0.769. The van der Waals surface area contributed by atoms with Crippen molar-refractivity contribution in [3.05, 3.63) is 57.7 Å². The van der Waals surface area contributed by atoms with E-state index in [4.69, 9.17) is 0 Å². The van der Waals surface area contributed by atoms with Gasteiger partial charge in [0.15, 0.2) is 0 Å². The zero-order valence-corrected chi connectivity index (χ0v) is 13.1. The highest BCUT2D eigenvalue weighted by molar-refractivity contribution is 14.1. The van der Waals surface area contributed by atoms with Gasteiger partial charge in [-0.1, -0.05) is 24.3 Å². The predicted octanol–water partition coefficient (Wildman–Crippen LogP) is 4.04. The number of rotatable bonds is 1. The lowest BCUT2D eigenvalue weighted by Crippen LogP contribution is -2.35. The number of nitrogens with zero attached hydrogens (tertiary/aromatic N) is 1. The SMILES string of the molecule is O=C(c1ccccc1I)N1CCSc2ccccc21. The lowest BCUT2D eigenvalue weighted by Gasteiger charge is -2.29. The van der Waals surface area contributed by atoms with Crippen LogP contribution in [0.3, 0.4) is 0 Å². The van der Waals surface area contributed by atoms with E-state index in [1.165, 1.54) is 4.90 Å². The molecule has 0 bridgehead atoms. The summed E-state index contributed by atoms with van der Waals surface area (Å²) in [6, 6.07) is 15.9. The third-order valence-electron chi connectivity index (χ3n) is 3.08. The Morgan fingerprint density at radius 1 is 1.11 bits per heavy atom. The quantitative estimate of drug-likeness (QED) is 0.695. The second-order valence-electron chi connectivity index (χ2n) is 4.25. The average molecular weight is 381 g/mol. The molecular weight excluding hydrogens is 369 g/mol. The van der Waals surface area contributed by atoms with E-state index in [-0.39, 0.29) is 5.91 Å². The zero-order valence-electron chi connectivity index (χ0n) is 10.2. The van der Waals surface area contributed by atoms with Crippen molar-refractivity contribution >= 4 is 45.9 Å². The first-order valence-electron chi connectivity index (χ1n) is 6.05. The van der Waals surface area contributed by atoms with Crippen LogP contribution in [0.25, 0.3) is 0 Å². The minimum atomic E-state index is 0.0951. The molecular formula is C15H12INOS. The van der Waals surface area contributed by atoms with E-state index in [0.717, 1.165) is 27.1 Å². The summed E-state index contributed by atoms with van der Waals surface area (Å²) in [5, 5.41) is 0. The highest BCUT2D eigenvalue weighted by Gasteiger charge is 2.24. The lowest BCUT2D eigenvalue weighted by molar-refractivity contribution is 0.0987. The molecule has 0 aliphatic carbocycles. The highest BCUT2D eigenvalue weighted by Crippen LogP contribution is 2.35. The molecule has 0 spiro atoms. The number of anilines is 1. The second-order valence-corrected chi connectivity index (χ2v) is 6.55. The van der Waals surface area contributed by atoms with Crippen LogP contribution in [0.15, 0.2) is 53.4 Å². The van der Waals surface area contributed by atoms with Gasteiger partial charge < -0.3 is 4.90 Å². The molecule has 2 aromatic carbocycles. The molecule has 19 heavy (non-hydrogen) atoms. The molecule has 0 atom stereocenters. The number of hydrogen-bond donors (Lipinski definition) is 0. The van der Waals surface area contributed by atoms with Gasteiger partial charge in [0.2, 0.25) is 0 Å². The third-order valence-corrected chi connectivity index (χ3v) is 5.06. The zero-order chi connectivity index (χ0) is 13.2. The first-order chi connectivity index (χ1) is 9.27. The van der Waals surface area contributed by atoms with E-state index in [1.807, 2.05) is 59.1 Å². The van der Waals surface area contributed by atoms with Crippen molar-refractivity contribution in [2.24, 2.45) is 0 Å². The number of fused-ring (bicyclic) bond motifs is 1. The molecule has 4 heteroatoms. The van der Waals surface area contributed by atoms with Crippen molar-refractivity contribution in [1.29, 1.82) is 0 Å². The van der Waals surface area contributed by atoms with E-state index >= 15 is 0 Å². The minimum Gasteiger partial charge on any atom is -0.306 e. The minimum absolute atomic E-state index is 0.0951. The van der Waals surface area contributed by atoms with Crippen LogP contribution >= 0.6 is 34.4 Å². The van der Waals surface area contributed by atoms with Crippen LogP contribution in [0.2, 0.25) is 0 Å². The topological polar surface area (TPSA) is 20.3 Å². The maximum atomic E-state index is 12.7. The molecule has 2 nitrogen and oxygen atoms in total. The van der Waals surface area contributed by atoms with Gasteiger partial charge in [0.05, 0.1) is 11.3 Å². The standard InChI is InChI=1S/C15H12INOS/c16-12-6-2-1-5-11(12)15(18)17-9-10-19-14-8-4-3-7-13(14)17/h1-8H,9-10H2. The molecule has 0 radical (unpaired) electrons. The van der Waals surface area contributed by atoms with Crippen molar-refractivity contribution in [3.8, 4) is 0 Å². The number of amides is 1. The number of carbonyl (C=O) groups is 1.